The number of halogens is 1. The van der Waals surface area contributed by atoms with E-state index in [-0.39, 0.29) is 5.56 Å². The molecule has 1 heterocycles. The Labute approximate surface area is 215 Å². The van der Waals surface area contributed by atoms with Gasteiger partial charge >= 0.3 is 5.97 Å². The number of unbranched alkanes of at least 4 members (excludes halogenated alkanes) is 6. The lowest BCUT2D eigenvalue weighted by molar-refractivity contribution is 0.0695. The molecule has 0 amide bonds. The lowest BCUT2D eigenvalue weighted by Crippen LogP contribution is -2.18. The van der Waals surface area contributed by atoms with Gasteiger partial charge in [0.05, 0.1) is 18.7 Å². The fourth-order valence-corrected chi connectivity index (χ4v) is 4.31. The molecule has 0 bridgehead atoms. The van der Waals surface area contributed by atoms with Crippen LogP contribution in [0.1, 0.15) is 68.6 Å². The number of carbonyl (C=O) groups is 1. The molecule has 0 spiro atoms. The van der Waals surface area contributed by atoms with Gasteiger partial charge in [-0.25, -0.2) is 4.79 Å². The van der Waals surface area contributed by atoms with Crippen LogP contribution >= 0.6 is 15.9 Å². The number of benzene rings is 2. The molecule has 7 heteroatoms. The largest absolute Gasteiger partial charge is 0.494 e. The summed E-state index contributed by atoms with van der Waals surface area (Å²) in [6, 6.07) is 12.6. The predicted molar refractivity (Wildman–Crippen MR) is 144 cm³/mol. The molecule has 35 heavy (non-hydrogen) atoms. The molecule has 1 N–H and O–H groups in total. The normalized spacial score (nSPS) is 11.0. The Balaban J connectivity index is 1.85. The van der Waals surface area contributed by atoms with Gasteiger partial charge in [0.2, 0.25) is 5.43 Å². The van der Waals surface area contributed by atoms with Crippen LogP contribution in [0, 0.1) is 0 Å². The van der Waals surface area contributed by atoms with Crippen molar-refractivity contribution in [2.45, 2.75) is 58.3 Å². The smallest absolute Gasteiger partial charge is 0.341 e. The molecule has 0 atom stereocenters. The van der Waals surface area contributed by atoms with Gasteiger partial charge in [-0.2, -0.15) is 0 Å². The van der Waals surface area contributed by atoms with E-state index in [1.807, 2.05) is 30.3 Å². The van der Waals surface area contributed by atoms with E-state index in [1.54, 1.807) is 16.7 Å². The number of nitrogens with zero attached hydrogens (tertiary/aromatic N) is 1. The Bertz CT molecular complexity index is 1170. The quantitative estimate of drug-likeness (QED) is 0.165. The van der Waals surface area contributed by atoms with Gasteiger partial charge in [-0.1, -0.05) is 61.0 Å². The van der Waals surface area contributed by atoms with Gasteiger partial charge < -0.3 is 19.1 Å². The molecular weight excluding hydrogens is 510 g/mol. The van der Waals surface area contributed by atoms with Crippen LogP contribution in [-0.2, 0) is 0 Å². The molecule has 3 rings (SSSR count). The van der Waals surface area contributed by atoms with Crippen molar-refractivity contribution in [3.05, 3.63) is 64.4 Å². The van der Waals surface area contributed by atoms with Crippen molar-refractivity contribution < 1.29 is 19.4 Å². The number of carboxylic acid groups (broad SMARTS) is 1. The Morgan fingerprint density at radius 1 is 0.914 bits per heavy atom. The second kappa shape index (κ2) is 13.9. The molecular formula is C28H34BrNO5. The zero-order valence-corrected chi connectivity index (χ0v) is 21.9. The Morgan fingerprint density at radius 3 is 2.31 bits per heavy atom. The molecule has 0 radical (unpaired) electrons. The van der Waals surface area contributed by atoms with Gasteiger partial charge in [-0.15, -0.1) is 0 Å². The minimum absolute atomic E-state index is 0.275. The molecule has 6 nitrogen and oxygen atoms in total. The Kier molecular flexibility index (Phi) is 10.7. The number of hydrogen-bond acceptors (Lipinski definition) is 4. The fraction of sp³-hybridized carbons (Fsp3) is 0.429. The third kappa shape index (κ3) is 7.59. The number of pyridine rings is 1. The van der Waals surface area contributed by atoms with E-state index < -0.39 is 11.4 Å². The van der Waals surface area contributed by atoms with E-state index >= 15 is 0 Å². The average Bonchev–Trinajstić information content (AvgIpc) is 2.86. The van der Waals surface area contributed by atoms with E-state index in [0.29, 0.717) is 41.3 Å². The average molecular weight is 544 g/mol. The van der Waals surface area contributed by atoms with Gasteiger partial charge in [0.1, 0.15) is 17.1 Å². The first-order valence-corrected chi connectivity index (χ1v) is 13.5. The van der Waals surface area contributed by atoms with Gasteiger partial charge in [-0.3, -0.25) is 4.79 Å². The predicted octanol–water partition coefficient (Wildman–Crippen LogP) is 6.98. The molecule has 0 aliphatic carbocycles. The Morgan fingerprint density at radius 2 is 1.60 bits per heavy atom. The number of alkyl halides is 1. The zero-order valence-electron chi connectivity index (χ0n) is 20.3. The van der Waals surface area contributed by atoms with E-state index in [0.717, 1.165) is 31.0 Å². The van der Waals surface area contributed by atoms with Crippen molar-refractivity contribution in [2.75, 3.05) is 18.5 Å². The molecule has 0 unspecified atom stereocenters. The fourth-order valence-electron chi connectivity index (χ4n) is 3.91. The highest BCUT2D eigenvalue weighted by atomic mass is 79.9. The summed E-state index contributed by atoms with van der Waals surface area (Å²) in [5.41, 5.74) is 0.530. The van der Waals surface area contributed by atoms with Crippen molar-refractivity contribution in [1.29, 1.82) is 0 Å². The van der Waals surface area contributed by atoms with Gasteiger partial charge in [0.15, 0.2) is 0 Å². The van der Waals surface area contributed by atoms with Crippen LogP contribution in [0.15, 0.2) is 53.5 Å². The van der Waals surface area contributed by atoms with Crippen molar-refractivity contribution in [3.63, 3.8) is 0 Å². The summed E-state index contributed by atoms with van der Waals surface area (Å²) in [4.78, 5) is 24.6. The lowest BCUT2D eigenvalue weighted by Gasteiger charge is -2.15. The molecule has 0 saturated heterocycles. The van der Waals surface area contributed by atoms with Crippen molar-refractivity contribution in [3.8, 4) is 17.2 Å². The topological polar surface area (TPSA) is 77.8 Å². The number of ether oxygens (including phenoxy) is 2. The number of fused-ring (bicyclic) bond motifs is 1. The molecule has 1 aromatic heterocycles. The third-order valence-corrected chi connectivity index (χ3v) is 6.43. The Hall–Kier alpha value is -2.80. The first-order valence-electron chi connectivity index (χ1n) is 12.4. The molecule has 2 aromatic carbocycles. The monoisotopic (exact) mass is 543 g/mol. The molecule has 0 aliphatic rings. The van der Waals surface area contributed by atoms with Crippen LogP contribution in [0.3, 0.4) is 0 Å². The SMILES string of the molecule is CCCCOc1cccc(-n2cc(C(=O)O)c(=O)c3ccc(OCCCCCCCCBr)cc32)c1. The van der Waals surface area contributed by atoms with Gasteiger partial charge in [-0.05, 0) is 43.5 Å². The second-order valence-corrected chi connectivity index (χ2v) is 9.38. The summed E-state index contributed by atoms with van der Waals surface area (Å²) in [6.45, 7) is 3.31. The van der Waals surface area contributed by atoms with Gasteiger partial charge in [0.25, 0.3) is 0 Å². The molecule has 0 aliphatic heterocycles. The number of carboxylic acids is 1. The highest BCUT2D eigenvalue weighted by Crippen LogP contribution is 2.25. The lowest BCUT2D eigenvalue weighted by atomic mass is 10.1. The number of aromatic carboxylic acids is 1. The maximum Gasteiger partial charge on any atom is 0.341 e. The number of rotatable bonds is 15. The standard InChI is InChI=1S/C28H34BrNO5/c1-2-3-16-34-22-12-10-11-21(18-22)30-20-25(28(32)33)27(31)24-14-13-23(19-26(24)30)35-17-9-7-5-4-6-8-15-29/h10-14,18-20H,2-9,15-17H2,1H3,(H,32,33). The van der Waals surface area contributed by atoms with Crippen molar-refractivity contribution in [1.82, 2.24) is 4.57 Å². The molecule has 188 valence electrons. The molecule has 3 aromatic rings. The summed E-state index contributed by atoms with van der Waals surface area (Å²) in [5, 5.41) is 11.0. The summed E-state index contributed by atoms with van der Waals surface area (Å²) >= 11 is 3.46. The maximum atomic E-state index is 12.9. The highest BCUT2D eigenvalue weighted by molar-refractivity contribution is 9.09. The first-order chi connectivity index (χ1) is 17.0. The third-order valence-electron chi connectivity index (χ3n) is 5.87. The van der Waals surface area contributed by atoms with Crippen LogP contribution in [0.2, 0.25) is 0 Å². The summed E-state index contributed by atoms with van der Waals surface area (Å²) in [7, 11) is 0. The van der Waals surface area contributed by atoms with Crippen molar-refractivity contribution in [2.24, 2.45) is 0 Å². The minimum atomic E-state index is -1.25. The van der Waals surface area contributed by atoms with Crippen LogP contribution in [0.25, 0.3) is 16.6 Å². The van der Waals surface area contributed by atoms with E-state index in [4.69, 9.17) is 9.47 Å². The number of hydrogen-bond donors (Lipinski definition) is 1. The van der Waals surface area contributed by atoms with Crippen LogP contribution < -0.4 is 14.9 Å². The zero-order chi connectivity index (χ0) is 25.0. The van der Waals surface area contributed by atoms with Crippen LogP contribution in [0.5, 0.6) is 11.5 Å². The van der Waals surface area contributed by atoms with Crippen molar-refractivity contribution >= 4 is 32.8 Å². The van der Waals surface area contributed by atoms with Gasteiger partial charge in [0, 0.05) is 34.7 Å². The maximum absolute atomic E-state index is 12.9. The molecule has 0 fully saturated rings. The number of aromatic nitrogens is 1. The van der Waals surface area contributed by atoms with E-state index in [9.17, 15) is 14.7 Å². The van der Waals surface area contributed by atoms with E-state index in [1.165, 1.54) is 31.9 Å². The van der Waals surface area contributed by atoms with Crippen LogP contribution in [-0.4, -0.2) is 34.2 Å². The minimum Gasteiger partial charge on any atom is -0.494 e. The highest BCUT2D eigenvalue weighted by Gasteiger charge is 2.16. The summed E-state index contributed by atoms with van der Waals surface area (Å²) < 4.78 is 13.5. The summed E-state index contributed by atoms with van der Waals surface area (Å²) in [6.07, 6.45) is 10.3. The first kappa shape index (κ1) is 26.8. The summed E-state index contributed by atoms with van der Waals surface area (Å²) in [5.74, 6) is 0.101. The van der Waals surface area contributed by atoms with E-state index in [2.05, 4.69) is 22.9 Å². The second-order valence-electron chi connectivity index (χ2n) is 8.58. The molecule has 0 saturated carbocycles. The van der Waals surface area contributed by atoms with Crippen LogP contribution in [0.4, 0.5) is 0 Å².